The van der Waals surface area contributed by atoms with Gasteiger partial charge in [0.25, 0.3) is 11.5 Å². The lowest BCUT2D eigenvalue weighted by atomic mass is 10.3. The second-order valence-electron chi connectivity index (χ2n) is 4.40. The average molecular weight is 297 g/mol. The third kappa shape index (κ3) is 3.25. The summed E-state index contributed by atoms with van der Waals surface area (Å²) in [6.45, 7) is 3.38. The zero-order chi connectivity index (χ0) is 15.6. The number of amides is 1. The minimum Gasteiger partial charge on any atom is -0.333 e. The van der Waals surface area contributed by atoms with E-state index in [1.54, 1.807) is 4.98 Å². The minimum absolute atomic E-state index is 0.195. The maximum Gasteiger partial charge on any atom is 0.334 e. The molecule has 1 aromatic rings. The summed E-state index contributed by atoms with van der Waals surface area (Å²) >= 11 is 0. The highest BCUT2D eigenvalue weighted by Gasteiger charge is 2.28. The molecule has 1 aliphatic rings. The van der Waals surface area contributed by atoms with E-state index in [1.807, 2.05) is 0 Å². The fraction of sp³-hybridized carbons (Fsp3) is 0.333. The molecule has 0 radical (unpaired) electrons. The molecule has 1 aromatic heterocycles. The molecule has 0 saturated carbocycles. The first-order valence-electron chi connectivity index (χ1n) is 6.09. The monoisotopic (exact) mass is 297 g/mol. The van der Waals surface area contributed by atoms with E-state index in [-0.39, 0.29) is 25.3 Å². The summed E-state index contributed by atoms with van der Waals surface area (Å²) in [5, 5.41) is 0.818. The minimum atomic E-state index is -1.13. The number of hydrogen-bond donors (Lipinski definition) is 1. The van der Waals surface area contributed by atoms with Gasteiger partial charge < -0.3 is 4.84 Å². The van der Waals surface area contributed by atoms with Gasteiger partial charge in [0.1, 0.15) is 0 Å². The summed E-state index contributed by atoms with van der Waals surface area (Å²) in [5.74, 6) is -2.28. The Labute approximate surface area is 117 Å². The molecule has 0 spiro atoms. The first-order chi connectivity index (χ1) is 9.88. The summed E-state index contributed by atoms with van der Waals surface area (Å²) in [6.07, 6.45) is 1.06. The Morgan fingerprint density at radius 3 is 2.71 bits per heavy atom. The molecule has 2 heterocycles. The quantitative estimate of drug-likeness (QED) is 0.819. The summed E-state index contributed by atoms with van der Waals surface area (Å²) < 4.78 is 13.9. The molecule has 0 aliphatic carbocycles. The highest BCUT2D eigenvalue weighted by atomic mass is 19.1. The van der Waals surface area contributed by atoms with Crippen LogP contribution in [0.25, 0.3) is 0 Å². The lowest BCUT2D eigenvalue weighted by Crippen LogP contribution is -2.33. The molecular formula is C12H12FN3O5. The van der Waals surface area contributed by atoms with E-state index in [1.165, 1.54) is 0 Å². The number of hydroxylamine groups is 2. The summed E-state index contributed by atoms with van der Waals surface area (Å²) in [6, 6.07) is 0. The molecule has 0 unspecified atom stereocenters. The van der Waals surface area contributed by atoms with E-state index in [9.17, 15) is 23.6 Å². The van der Waals surface area contributed by atoms with Crippen molar-refractivity contribution in [1.82, 2.24) is 14.6 Å². The van der Waals surface area contributed by atoms with Gasteiger partial charge in [-0.3, -0.25) is 19.1 Å². The molecular weight excluding hydrogens is 285 g/mol. The van der Waals surface area contributed by atoms with Gasteiger partial charge in [0, 0.05) is 13.0 Å². The standard InChI is InChI=1S/C12H12FN3O5/c1-7-2-3-9(17)16(7)21-10(18)4-5-15-6-8(13)11(19)14-12(15)20/h6H,1-5H2,(H,14,19,20). The molecule has 8 nitrogen and oxygen atoms in total. The third-order valence-corrected chi connectivity index (χ3v) is 2.86. The maximum absolute atomic E-state index is 13.0. The second-order valence-corrected chi connectivity index (χ2v) is 4.40. The number of carbonyl (C=O) groups excluding carboxylic acids is 2. The SMILES string of the molecule is C=C1CCC(=O)N1OC(=O)CCn1cc(F)c(=O)[nH]c1=O. The molecule has 2 rings (SSSR count). The smallest absolute Gasteiger partial charge is 0.333 e. The van der Waals surface area contributed by atoms with Crippen LogP contribution in [0.15, 0.2) is 28.1 Å². The van der Waals surface area contributed by atoms with Crippen molar-refractivity contribution in [3.63, 3.8) is 0 Å². The number of nitrogens with zero attached hydrogens (tertiary/aromatic N) is 2. The number of carbonyl (C=O) groups is 2. The largest absolute Gasteiger partial charge is 0.334 e. The number of nitrogens with one attached hydrogen (secondary N) is 1. The summed E-state index contributed by atoms with van der Waals surface area (Å²) in [5.41, 5.74) is -1.59. The van der Waals surface area contributed by atoms with Crippen molar-refractivity contribution in [2.75, 3.05) is 0 Å². The fourth-order valence-electron chi connectivity index (χ4n) is 1.75. The molecule has 1 amide bonds. The summed E-state index contributed by atoms with van der Waals surface area (Å²) in [4.78, 5) is 51.7. The van der Waals surface area contributed by atoms with Crippen LogP contribution in [0.1, 0.15) is 19.3 Å². The number of halogens is 1. The van der Waals surface area contributed by atoms with Crippen molar-refractivity contribution in [3.05, 3.63) is 45.1 Å². The molecule has 1 N–H and O–H groups in total. The number of aromatic amines is 1. The highest BCUT2D eigenvalue weighted by molar-refractivity contribution is 5.82. The maximum atomic E-state index is 13.0. The Balaban J connectivity index is 1.97. The molecule has 0 bridgehead atoms. The van der Waals surface area contributed by atoms with Crippen molar-refractivity contribution in [3.8, 4) is 0 Å². The van der Waals surface area contributed by atoms with E-state index in [2.05, 4.69) is 6.58 Å². The number of allylic oxidation sites excluding steroid dienone is 1. The van der Waals surface area contributed by atoms with Crippen molar-refractivity contribution >= 4 is 11.9 Å². The first-order valence-corrected chi connectivity index (χ1v) is 6.09. The first kappa shape index (κ1) is 14.7. The second kappa shape index (κ2) is 5.73. The van der Waals surface area contributed by atoms with Gasteiger partial charge in [0.05, 0.1) is 18.3 Å². The highest BCUT2D eigenvalue weighted by Crippen LogP contribution is 2.20. The molecule has 1 fully saturated rings. The predicted octanol–water partition coefficient (Wildman–Crippen LogP) is -0.340. The molecule has 1 saturated heterocycles. The lowest BCUT2D eigenvalue weighted by molar-refractivity contribution is -0.186. The fourth-order valence-corrected chi connectivity index (χ4v) is 1.75. The summed E-state index contributed by atoms with van der Waals surface area (Å²) in [7, 11) is 0. The average Bonchev–Trinajstić information content (AvgIpc) is 2.73. The Morgan fingerprint density at radius 1 is 1.38 bits per heavy atom. The van der Waals surface area contributed by atoms with Gasteiger partial charge in [0.2, 0.25) is 5.82 Å². The van der Waals surface area contributed by atoms with Crippen molar-refractivity contribution in [1.29, 1.82) is 0 Å². The van der Waals surface area contributed by atoms with Crippen LogP contribution in [0, 0.1) is 5.82 Å². The van der Waals surface area contributed by atoms with Crippen molar-refractivity contribution < 1.29 is 18.8 Å². The van der Waals surface area contributed by atoms with Crippen LogP contribution in [0.4, 0.5) is 4.39 Å². The Morgan fingerprint density at radius 2 is 2.10 bits per heavy atom. The normalized spacial score (nSPS) is 14.6. The van der Waals surface area contributed by atoms with Gasteiger partial charge in [-0.05, 0) is 6.42 Å². The Bertz CT molecular complexity index is 704. The van der Waals surface area contributed by atoms with Gasteiger partial charge in [-0.1, -0.05) is 6.58 Å². The number of aromatic nitrogens is 2. The van der Waals surface area contributed by atoms with E-state index in [0.29, 0.717) is 18.3 Å². The molecule has 112 valence electrons. The Kier molecular flexibility index (Phi) is 4.01. The predicted molar refractivity (Wildman–Crippen MR) is 67.2 cm³/mol. The zero-order valence-electron chi connectivity index (χ0n) is 10.9. The van der Waals surface area contributed by atoms with Crippen LogP contribution < -0.4 is 11.2 Å². The third-order valence-electron chi connectivity index (χ3n) is 2.86. The molecule has 9 heteroatoms. The number of hydrogen-bond acceptors (Lipinski definition) is 5. The van der Waals surface area contributed by atoms with Crippen LogP contribution in [0.5, 0.6) is 0 Å². The van der Waals surface area contributed by atoms with E-state index >= 15 is 0 Å². The van der Waals surface area contributed by atoms with Gasteiger partial charge in [-0.15, -0.1) is 5.06 Å². The van der Waals surface area contributed by atoms with Crippen LogP contribution in [-0.2, 0) is 21.0 Å². The topological polar surface area (TPSA) is 101 Å². The van der Waals surface area contributed by atoms with Crippen LogP contribution >= 0.6 is 0 Å². The van der Waals surface area contributed by atoms with Gasteiger partial charge in [-0.25, -0.2) is 9.59 Å². The van der Waals surface area contributed by atoms with Crippen LogP contribution in [0.3, 0.4) is 0 Å². The lowest BCUT2D eigenvalue weighted by Gasteiger charge is -2.15. The number of rotatable bonds is 4. The van der Waals surface area contributed by atoms with Crippen molar-refractivity contribution in [2.45, 2.75) is 25.8 Å². The molecule has 21 heavy (non-hydrogen) atoms. The molecule has 1 aliphatic heterocycles. The van der Waals surface area contributed by atoms with E-state index < -0.39 is 23.0 Å². The van der Waals surface area contributed by atoms with E-state index in [4.69, 9.17) is 4.84 Å². The number of H-pyrrole nitrogens is 1. The van der Waals surface area contributed by atoms with Crippen molar-refractivity contribution in [2.24, 2.45) is 0 Å². The number of aryl methyl sites for hydroxylation is 1. The van der Waals surface area contributed by atoms with E-state index in [0.717, 1.165) is 9.63 Å². The van der Waals surface area contributed by atoms with Gasteiger partial charge >= 0.3 is 11.7 Å². The molecule has 0 atom stereocenters. The van der Waals surface area contributed by atoms with Gasteiger partial charge in [0.15, 0.2) is 0 Å². The van der Waals surface area contributed by atoms with Crippen LogP contribution in [0.2, 0.25) is 0 Å². The molecule has 0 aromatic carbocycles. The Hall–Kier alpha value is -2.71. The zero-order valence-corrected chi connectivity index (χ0v) is 10.9. The van der Waals surface area contributed by atoms with Crippen LogP contribution in [-0.4, -0.2) is 26.5 Å². The van der Waals surface area contributed by atoms with Gasteiger partial charge in [-0.2, -0.15) is 4.39 Å².